The summed E-state index contributed by atoms with van der Waals surface area (Å²) in [6.45, 7) is 2.35. The van der Waals surface area contributed by atoms with Crippen LogP contribution in [0.25, 0.3) is 0 Å². The van der Waals surface area contributed by atoms with Crippen LogP contribution in [0.15, 0.2) is 0 Å². The quantitative estimate of drug-likeness (QED) is 0.854. The van der Waals surface area contributed by atoms with Crippen LogP contribution in [0.3, 0.4) is 0 Å². The Morgan fingerprint density at radius 3 is 2.61 bits per heavy atom. The van der Waals surface area contributed by atoms with Crippen LogP contribution in [0.5, 0.6) is 0 Å². The standard InChI is InChI=1S/C14H27NO2S/c1-11-4-3-5-13(8-11)14(15-2)9-12-6-7-18(16,17)10-12/h11-15H,3-10H2,1-2H3. The van der Waals surface area contributed by atoms with Crippen molar-refractivity contribution in [3.63, 3.8) is 0 Å². The van der Waals surface area contributed by atoms with E-state index >= 15 is 0 Å². The third-order valence-corrected chi connectivity index (χ3v) is 6.67. The molecule has 2 aliphatic rings. The lowest BCUT2D eigenvalue weighted by atomic mass is 9.76. The number of rotatable bonds is 4. The second-order valence-electron chi connectivity index (χ2n) is 6.43. The summed E-state index contributed by atoms with van der Waals surface area (Å²) in [5.41, 5.74) is 0. The van der Waals surface area contributed by atoms with Crippen molar-refractivity contribution in [2.75, 3.05) is 18.6 Å². The predicted molar refractivity (Wildman–Crippen MR) is 75.3 cm³/mol. The minimum atomic E-state index is -2.72. The molecule has 1 aliphatic carbocycles. The molecule has 1 heterocycles. The third kappa shape index (κ3) is 3.70. The molecule has 1 aliphatic heterocycles. The molecule has 2 rings (SSSR count). The molecule has 0 spiro atoms. The maximum absolute atomic E-state index is 11.5. The average Bonchev–Trinajstić information content (AvgIpc) is 2.65. The fourth-order valence-corrected chi connectivity index (χ4v) is 5.69. The maximum atomic E-state index is 11.5. The molecule has 1 N–H and O–H groups in total. The van der Waals surface area contributed by atoms with Crippen molar-refractivity contribution in [3.8, 4) is 0 Å². The molecule has 0 bridgehead atoms. The Morgan fingerprint density at radius 1 is 1.28 bits per heavy atom. The van der Waals surface area contributed by atoms with Crippen molar-refractivity contribution in [2.45, 2.75) is 51.5 Å². The first-order chi connectivity index (χ1) is 8.50. The van der Waals surface area contributed by atoms with Gasteiger partial charge in [0.1, 0.15) is 0 Å². The molecule has 2 fully saturated rings. The zero-order valence-corrected chi connectivity index (χ0v) is 12.5. The molecule has 3 nitrogen and oxygen atoms in total. The first-order valence-electron chi connectivity index (χ1n) is 7.38. The van der Waals surface area contributed by atoms with Gasteiger partial charge in [-0.25, -0.2) is 8.42 Å². The highest BCUT2D eigenvalue weighted by Gasteiger charge is 2.33. The van der Waals surface area contributed by atoms with Crippen molar-refractivity contribution < 1.29 is 8.42 Å². The first kappa shape index (κ1) is 14.3. The largest absolute Gasteiger partial charge is 0.317 e. The van der Waals surface area contributed by atoms with Gasteiger partial charge in [0, 0.05) is 6.04 Å². The lowest BCUT2D eigenvalue weighted by Crippen LogP contribution is -2.38. The molecule has 1 saturated heterocycles. The van der Waals surface area contributed by atoms with Crippen LogP contribution in [-0.4, -0.2) is 33.0 Å². The number of hydrogen-bond acceptors (Lipinski definition) is 3. The van der Waals surface area contributed by atoms with E-state index in [4.69, 9.17) is 0 Å². The zero-order chi connectivity index (χ0) is 13.2. The summed E-state index contributed by atoms with van der Waals surface area (Å²) in [4.78, 5) is 0. The molecule has 0 aromatic carbocycles. The number of hydrogen-bond donors (Lipinski definition) is 1. The summed E-state index contributed by atoms with van der Waals surface area (Å²) < 4.78 is 23.0. The van der Waals surface area contributed by atoms with Gasteiger partial charge in [0.15, 0.2) is 9.84 Å². The topological polar surface area (TPSA) is 46.2 Å². The fraction of sp³-hybridized carbons (Fsp3) is 1.00. The van der Waals surface area contributed by atoms with E-state index in [0.717, 1.165) is 24.7 Å². The van der Waals surface area contributed by atoms with Crippen molar-refractivity contribution in [2.24, 2.45) is 17.8 Å². The van der Waals surface area contributed by atoms with Gasteiger partial charge in [0.05, 0.1) is 11.5 Å². The lowest BCUT2D eigenvalue weighted by molar-refractivity contribution is 0.208. The third-order valence-electron chi connectivity index (χ3n) is 4.83. The second-order valence-corrected chi connectivity index (χ2v) is 8.66. The van der Waals surface area contributed by atoms with Crippen LogP contribution in [-0.2, 0) is 9.84 Å². The van der Waals surface area contributed by atoms with Crippen molar-refractivity contribution in [1.29, 1.82) is 0 Å². The van der Waals surface area contributed by atoms with Crippen molar-refractivity contribution >= 4 is 9.84 Å². The minimum absolute atomic E-state index is 0.393. The molecule has 18 heavy (non-hydrogen) atoms. The van der Waals surface area contributed by atoms with E-state index < -0.39 is 9.84 Å². The minimum Gasteiger partial charge on any atom is -0.317 e. The van der Waals surface area contributed by atoms with Crippen LogP contribution >= 0.6 is 0 Å². The molecule has 4 atom stereocenters. The molecule has 1 saturated carbocycles. The summed E-state index contributed by atoms with van der Waals surface area (Å²) in [5, 5.41) is 3.45. The van der Waals surface area contributed by atoms with Gasteiger partial charge in [0.2, 0.25) is 0 Å². The smallest absolute Gasteiger partial charge is 0.150 e. The van der Waals surface area contributed by atoms with E-state index in [1.807, 2.05) is 7.05 Å². The summed E-state index contributed by atoms with van der Waals surface area (Å²) in [7, 11) is -0.683. The Bertz CT molecular complexity index is 366. The van der Waals surface area contributed by atoms with E-state index in [9.17, 15) is 8.42 Å². The fourth-order valence-electron chi connectivity index (χ4n) is 3.81. The molecule has 0 aromatic rings. The predicted octanol–water partition coefficient (Wildman–Crippen LogP) is 2.23. The molecule has 0 amide bonds. The molecule has 0 radical (unpaired) electrons. The highest BCUT2D eigenvalue weighted by molar-refractivity contribution is 7.91. The van der Waals surface area contributed by atoms with Crippen molar-refractivity contribution in [3.05, 3.63) is 0 Å². The average molecular weight is 273 g/mol. The Morgan fingerprint density at radius 2 is 2.06 bits per heavy atom. The summed E-state index contributed by atoms with van der Waals surface area (Å²) in [6.07, 6.45) is 7.26. The van der Waals surface area contributed by atoms with Gasteiger partial charge in [-0.2, -0.15) is 0 Å². The van der Waals surface area contributed by atoms with Crippen LogP contribution in [0, 0.1) is 17.8 Å². The molecule has 106 valence electrons. The molecular formula is C14H27NO2S. The Kier molecular flexibility index (Phi) is 4.70. The normalized spacial score (nSPS) is 37.6. The molecular weight excluding hydrogens is 246 g/mol. The Hall–Kier alpha value is -0.0900. The van der Waals surface area contributed by atoms with Crippen LogP contribution in [0.1, 0.15) is 45.4 Å². The first-order valence-corrected chi connectivity index (χ1v) is 9.20. The van der Waals surface area contributed by atoms with E-state index in [2.05, 4.69) is 12.2 Å². The summed E-state index contributed by atoms with van der Waals surface area (Å²) in [6, 6.07) is 0.519. The van der Waals surface area contributed by atoms with Gasteiger partial charge in [-0.05, 0) is 50.5 Å². The van der Waals surface area contributed by atoms with Gasteiger partial charge in [-0.1, -0.05) is 19.8 Å². The van der Waals surface area contributed by atoms with E-state index in [-0.39, 0.29) is 0 Å². The summed E-state index contributed by atoms with van der Waals surface area (Å²) in [5.74, 6) is 2.82. The maximum Gasteiger partial charge on any atom is 0.150 e. The Balaban J connectivity index is 1.89. The molecule has 4 heteroatoms. The monoisotopic (exact) mass is 273 g/mol. The van der Waals surface area contributed by atoms with Gasteiger partial charge < -0.3 is 5.32 Å². The SMILES string of the molecule is CNC(CC1CCS(=O)(=O)C1)C1CCCC(C)C1. The van der Waals surface area contributed by atoms with E-state index in [1.54, 1.807) is 0 Å². The highest BCUT2D eigenvalue weighted by atomic mass is 32.2. The highest BCUT2D eigenvalue weighted by Crippen LogP contribution is 2.34. The van der Waals surface area contributed by atoms with Crippen LogP contribution < -0.4 is 5.32 Å². The summed E-state index contributed by atoms with van der Waals surface area (Å²) >= 11 is 0. The van der Waals surface area contributed by atoms with Crippen molar-refractivity contribution in [1.82, 2.24) is 5.32 Å². The van der Waals surface area contributed by atoms with E-state index in [0.29, 0.717) is 23.5 Å². The number of nitrogens with one attached hydrogen (secondary N) is 1. The molecule has 0 aromatic heterocycles. The van der Waals surface area contributed by atoms with E-state index in [1.165, 1.54) is 25.7 Å². The Labute approximate surface area is 112 Å². The van der Waals surface area contributed by atoms with Gasteiger partial charge in [-0.3, -0.25) is 0 Å². The molecule has 4 unspecified atom stereocenters. The number of sulfone groups is 1. The second kappa shape index (κ2) is 5.91. The zero-order valence-electron chi connectivity index (χ0n) is 11.7. The van der Waals surface area contributed by atoms with Crippen LogP contribution in [0.4, 0.5) is 0 Å². The van der Waals surface area contributed by atoms with Crippen LogP contribution in [0.2, 0.25) is 0 Å². The lowest BCUT2D eigenvalue weighted by Gasteiger charge is -2.34. The van der Waals surface area contributed by atoms with Gasteiger partial charge >= 0.3 is 0 Å². The van der Waals surface area contributed by atoms with Gasteiger partial charge in [-0.15, -0.1) is 0 Å². The van der Waals surface area contributed by atoms with Gasteiger partial charge in [0.25, 0.3) is 0 Å².